The van der Waals surface area contributed by atoms with Gasteiger partial charge >= 0.3 is 5.97 Å². The van der Waals surface area contributed by atoms with Gasteiger partial charge in [0.2, 0.25) is 0 Å². The number of para-hydroxylation sites is 1. The molecule has 0 amide bonds. The average molecular weight is 394 g/mol. The highest BCUT2D eigenvalue weighted by Gasteiger charge is 2.08. The number of alkyl halides is 2. The van der Waals surface area contributed by atoms with Crippen molar-refractivity contribution in [1.82, 2.24) is 0 Å². The van der Waals surface area contributed by atoms with Crippen molar-refractivity contribution in [2.24, 2.45) is 5.10 Å². The molecule has 5 nitrogen and oxygen atoms in total. The van der Waals surface area contributed by atoms with Gasteiger partial charge in [0.15, 0.2) is 0 Å². The van der Waals surface area contributed by atoms with Crippen molar-refractivity contribution in [3.8, 4) is 0 Å². The molecule has 2 aromatic rings. The Morgan fingerprint density at radius 2 is 1.88 bits per heavy atom. The Balaban J connectivity index is 2.13. The van der Waals surface area contributed by atoms with Crippen molar-refractivity contribution in [2.75, 3.05) is 35.2 Å². The van der Waals surface area contributed by atoms with Gasteiger partial charge in [-0.25, -0.2) is 4.79 Å². The van der Waals surface area contributed by atoms with E-state index in [4.69, 9.17) is 23.2 Å². The highest BCUT2D eigenvalue weighted by molar-refractivity contribution is 6.18. The van der Waals surface area contributed by atoms with Crippen LogP contribution in [0.15, 0.2) is 47.6 Å². The molecule has 0 aliphatic carbocycles. The summed E-state index contributed by atoms with van der Waals surface area (Å²) in [5.41, 5.74) is 6.46. The molecule has 0 bridgehead atoms. The van der Waals surface area contributed by atoms with Crippen molar-refractivity contribution >= 4 is 46.8 Å². The monoisotopic (exact) mass is 393 g/mol. The number of carboxylic acid groups (broad SMARTS) is 1. The standard InChI is InChI=1S/C19H21Cl2N3O2/c1-14-12-16(24(10-8-20)11-9-21)7-6-15(14)13-22-23-18-5-3-2-4-17(18)19(25)26/h2-7,12-13,23H,8-11H2,1H3,(H,25,26)/b22-13+. The van der Waals surface area contributed by atoms with Gasteiger partial charge in [0.1, 0.15) is 0 Å². The molecule has 0 saturated heterocycles. The van der Waals surface area contributed by atoms with Crippen molar-refractivity contribution in [2.45, 2.75) is 6.92 Å². The zero-order chi connectivity index (χ0) is 18.9. The summed E-state index contributed by atoms with van der Waals surface area (Å²) in [5.74, 6) is 0.0699. The number of carboxylic acids is 1. The summed E-state index contributed by atoms with van der Waals surface area (Å²) in [4.78, 5) is 13.3. The lowest BCUT2D eigenvalue weighted by Gasteiger charge is -2.23. The number of halogens is 2. The fourth-order valence-electron chi connectivity index (χ4n) is 2.51. The van der Waals surface area contributed by atoms with Gasteiger partial charge in [-0.15, -0.1) is 23.2 Å². The highest BCUT2D eigenvalue weighted by Crippen LogP contribution is 2.19. The Morgan fingerprint density at radius 1 is 1.19 bits per heavy atom. The van der Waals surface area contributed by atoms with Crippen LogP contribution in [0.25, 0.3) is 0 Å². The number of rotatable bonds is 9. The molecule has 2 rings (SSSR count). The van der Waals surface area contributed by atoms with Gasteiger partial charge in [0.25, 0.3) is 0 Å². The first-order chi connectivity index (χ1) is 12.6. The van der Waals surface area contributed by atoms with E-state index in [1.165, 1.54) is 6.07 Å². The first-order valence-corrected chi connectivity index (χ1v) is 9.22. The molecule has 2 aromatic carbocycles. The normalized spacial score (nSPS) is 10.9. The summed E-state index contributed by atoms with van der Waals surface area (Å²) in [7, 11) is 0. The van der Waals surface area contributed by atoms with Gasteiger partial charge in [0.05, 0.1) is 17.5 Å². The first kappa shape index (κ1) is 20.1. The molecule has 0 aliphatic rings. The van der Waals surface area contributed by atoms with Crippen LogP contribution in [-0.2, 0) is 0 Å². The topological polar surface area (TPSA) is 64.9 Å². The predicted molar refractivity (Wildman–Crippen MR) is 109 cm³/mol. The van der Waals surface area contributed by atoms with E-state index in [1.807, 2.05) is 19.1 Å². The molecular weight excluding hydrogens is 373 g/mol. The lowest BCUT2D eigenvalue weighted by Crippen LogP contribution is -2.27. The number of benzene rings is 2. The summed E-state index contributed by atoms with van der Waals surface area (Å²) in [6, 6.07) is 12.7. The van der Waals surface area contributed by atoms with Gasteiger partial charge < -0.3 is 10.0 Å². The van der Waals surface area contributed by atoms with Crippen LogP contribution in [-0.4, -0.2) is 42.1 Å². The maximum absolute atomic E-state index is 11.2. The molecule has 0 saturated carbocycles. The molecule has 7 heteroatoms. The maximum Gasteiger partial charge on any atom is 0.337 e. The van der Waals surface area contributed by atoms with E-state index in [2.05, 4.69) is 21.5 Å². The smallest absolute Gasteiger partial charge is 0.337 e. The van der Waals surface area contributed by atoms with E-state index in [-0.39, 0.29) is 5.56 Å². The molecular formula is C19H21Cl2N3O2. The quantitative estimate of drug-likeness (QED) is 0.375. The van der Waals surface area contributed by atoms with Crippen LogP contribution in [0.5, 0.6) is 0 Å². The number of hydrogen-bond donors (Lipinski definition) is 2. The highest BCUT2D eigenvalue weighted by atomic mass is 35.5. The van der Waals surface area contributed by atoms with E-state index < -0.39 is 5.97 Å². The third-order valence-electron chi connectivity index (χ3n) is 3.87. The Morgan fingerprint density at radius 3 is 2.50 bits per heavy atom. The van der Waals surface area contributed by atoms with Crippen molar-refractivity contribution in [3.63, 3.8) is 0 Å². The number of hydrazone groups is 1. The Bertz CT molecular complexity index is 775. The molecule has 0 heterocycles. The second kappa shape index (κ2) is 10.0. The largest absolute Gasteiger partial charge is 0.478 e. The van der Waals surface area contributed by atoms with Crippen molar-refractivity contribution < 1.29 is 9.90 Å². The van der Waals surface area contributed by atoms with Crippen molar-refractivity contribution in [1.29, 1.82) is 0 Å². The zero-order valence-electron chi connectivity index (χ0n) is 14.5. The molecule has 138 valence electrons. The van der Waals surface area contributed by atoms with Crippen molar-refractivity contribution in [3.05, 3.63) is 59.2 Å². The molecule has 0 fully saturated rings. The Labute approximate surface area is 163 Å². The number of hydrogen-bond acceptors (Lipinski definition) is 4. The Kier molecular flexibility index (Phi) is 7.75. The van der Waals surface area contributed by atoms with Gasteiger partial charge in [-0.1, -0.05) is 18.2 Å². The van der Waals surface area contributed by atoms with Crippen LogP contribution in [0.2, 0.25) is 0 Å². The van der Waals surface area contributed by atoms with Gasteiger partial charge in [-0.05, 0) is 42.3 Å². The number of carbonyl (C=O) groups is 1. The van der Waals surface area contributed by atoms with Gasteiger partial charge in [0, 0.05) is 30.5 Å². The molecule has 0 atom stereocenters. The predicted octanol–water partition coefficient (Wildman–Crippen LogP) is 4.42. The number of nitrogens with one attached hydrogen (secondary N) is 1. The minimum Gasteiger partial charge on any atom is -0.478 e. The van der Waals surface area contributed by atoms with E-state index in [9.17, 15) is 9.90 Å². The average Bonchev–Trinajstić information content (AvgIpc) is 2.63. The van der Waals surface area contributed by atoms with E-state index in [1.54, 1.807) is 24.4 Å². The second-order valence-corrected chi connectivity index (χ2v) is 6.38. The van der Waals surface area contributed by atoms with E-state index in [0.29, 0.717) is 17.4 Å². The first-order valence-electron chi connectivity index (χ1n) is 8.15. The number of aromatic carboxylic acids is 1. The van der Waals surface area contributed by atoms with Gasteiger partial charge in [-0.2, -0.15) is 5.10 Å². The lowest BCUT2D eigenvalue weighted by atomic mass is 10.1. The SMILES string of the molecule is Cc1cc(N(CCCl)CCCl)ccc1/C=N/Nc1ccccc1C(=O)O. The van der Waals surface area contributed by atoms with E-state index >= 15 is 0 Å². The molecule has 0 radical (unpaired) electrons. The second-order valence-electron chi connectivity index (χ2n) is 5.63. The van der Waals surface area contributed by atoms with Crippen LogP contribution in [0.3, 0.4) is 0 Å². The number of aryl methyl sites for hydroxylation is 1. The summed E-state index contributed by atoms with van der Waals surface area (Å²) in [5, 5.41) is 13.3. The van der Waals surface area contributed by atoms with Crippen LogP contribution in [0.1, 0.15) is 21.5 Å². The minimum atomic E-state index is -0.998. The van der Waals surface area contributed by atoms with Crippen LogP contribution in [0, 0.1) is 6.92 Å². The number of nitrogens with zero attached hydrogens (tertiary/aromatic N) is 2. The van der Waals surface area contributed by atoms with Crippen LogP contribution >= 0.6 is 23.2 Å². The molecule has 26 heavy (non-hydrogen) atoms. The third kappa shape index (κ3) is 5.38. The lowest BCUT2D eigenvalue weighted by molar-refractivity contribution is 0.0698. The summed E-state index contributed by atoms with van der Waals surface area (Å²) in [6.45, 7) is 3.46. The molecule has 0 aliphatic heterocycles. The third-order valence-corrected chi connectivity index (χ3v) is 4.21. The maximum atomic E-state index is 11.2. The fraction of sp³-hybridized carbons (Fsp3) is 0.263. The van der Waals surface area contributed by atoms with E-state index in [0.717, 1.165) is 29.9 Å². The summed E-state index contributed by atoms with van der Waals surface area (Å²) in [6.07, 6.45) is 1.67. The summed E-state index contributed by atoms with van der Waals surface area (Å²) >= 11 is 11.7. The number of anilines is 2. The zero-order valence-corrected chi connectivity index (χ0v) is 16.0. The van der Waals surface area contributed by atoms with Crippen LogP contribution in [0.4, 0.5) is 11.4 Å². The molecule has 2 N–H and O–H groups in total. The minimum absolute atomic E-state index is 0.175. The molecule has 0 spiro atoms. The molecule has 0 aromatic heterocycles. The summed E-state index contributed by atoms with van der Waals surface area (Å²) < 4.78 is 0. The van der Waals surface area contributed by atoms with Gasteiger partial charge in [-0.3, -0.25) is 5.43 Å². The fourth-order valence-corrected chi connectivity index (χ4v) is 2.92. The Hall–Kier alpha value is -2.24. The molecule has 0 unspecified atom stereocenters. The van der Waals surface area contributed by atoms with Crippen LogP contribution < -0.4 is 10.3 Å².